The fourth-order valence-corrected chi connectivity index (χ4v) is 3.24. The highest BCUT2D eigenvalue weighted by Crippen LogP contribution is 2.21. The molecule has 0 aliphatic rings. The molecule has 0 aliphatic heterocycles. The third kappa shape index (κ3) is 4.14. The van der Waals surface area contributed by atoms with Gasteiger partial charge in [-0.2, -0.15) is 0 Å². The summed E-state index contributed by atoms with van der Waals surface area (Å²) in [5, 5.41) is 4.64. The largest absolute Gasteiger partial charge is 0.461 e. The van der Waals surface area contributed by atoms with Crippen molar-refractivity contribution in [2.75, 3.05) is 6.61 Å². The van der Waals surface area contributed by atoms with E-state index in [1.165, 1.54) is 11.1 Å². The number of rotatable bonds is 7. The summed E-state index contributed by atoms with van der Waals surface area (Å²) in [7, 11) is 1.90. The van der Waals surface area contributed by atoms with Crippen LogP contribution in [0.2, 0.25) is 0 Å². The number of hydrogen-bond donors (Lipinski definition) is 1. The monoisotopic (exact) mass is 350 g/mol. The maximum Gasteiger partial charge on any atom is 0.354 e. The van der Waals surface area contributed by atoms with Crippen molar-refractivity contribution in [2.45, 2.75) is 32.9 Å². The Morgan fingerprint density at radius 1 is 1.12 bits per heavy atom. The standard InChI is InChI=1S/C22H26N2O2/c1-4-26-22(25)21-14-19-13-18(10-11-20(19)24(21)3)12-16(2)23-15-17-8-6-5-7-9-17/h5-11,13-14,16,23H,4,12,15H2,1-3H3. The van der Waals surface area contributed by atoms with Gasteiger partial charge < -0.3 is 14.6 Å². The molecule has 0 bridgehead atoms. The van der Waals surface area contributed by atoms with Crippen LogP contribution < -0.4 is 5.32 Å². The first-order valence-corrected chi connectivity index (χ1v) is 9.11. The van der Waals surface area contributed by atoms with Crippen molar-refractivity contribution in [1.29, 1.82) is 0 Å². The van der Waals surface area contributed by atoms with Crippen molar-refractivity contribution in [3.8, 4) is 0 Å². The van der Waals surface area contributed by atoms with Gasteiger partial charge in [-0.05, 0) is 49.6 Å². The first-order chi connectivity index (χ1) is 12.6. The SMILES string of the molecule is CCOC(=O)c1cc2cc(CC(C)NCc3ccccc3)ccc2n1C. The zero-order chi connectivity index (χ0) is 18.5. The van der Waals surface area contributed by atoms with Crippen LogP contribution in [0.3, 0.4) is 0 Å². The number of benzene rings is 2. The van der Waals surface area contributed by atoms with E-state index in [4.69, 9.17) is 4.74 Å². The molecule has 0 aliphatic carbocycles. The van der Waals surface area contributed by atoms with E-state index in [1.807, 2.05) is 30.7 Å². The number of fused-ring (bicyclic) bond motifs is 1. The summed E-state index contributed by atoms with van der Waals surface area (Å²) in [6.45, 7) is 5.27. The molecule has 1 unspecified atom stereocenters. The van der Waals surface area contributed by atoms with Gasteiger partial charge in [-0.1, -0.05) is 36.4 Å². The van der Waals surface area contributed by atoms with Gasteiger partial charge in [0.15, 0.2) is 0 Å². The molecule has 3 rings (SSSR count). The Labute approximate surface area is 154 Å². The van der Waals surface area contributed by atoms with Gasteiger partial charge in [0, 0.05) is 30.5 Å². The number of aryl methyl sites for hydroxylation is 1. The Morgan fingerprint density at radius 3 is 2.62 bits per heavy atom. The minimum Gasteiger partial charge on any atom is -0.461 e. The molecule has 1 N–H and O–H groups in total. The van der Waals surface area contributed by atoms with Crippen molar-refractivity contribution >= 4 is 16.9 Å². The summed E-state index contributed by atoms with van der Waals surface area (Å²) in [5.41, 5.74) is 4.18. The molecule has 3 aromatic rings. The molecular weight excluding hydrogens is 324 g/mol. The second-order valence-electron chi connectivity index (χ2n) is 6.67. The minimum absolute atomic E-state index is 0.273. The fourth-order valence-electron chi connectivity index (χ4n) is 3.24. The van der Waals surface area contributed by atoms with E-state index in [9.17, 15) is 4.79 Å². The molecule has 0 saturated carbocycles. The summed E-state index contributed by atoms with van der Waals surface area (Å²) in [4.78, 5) is 12.1. The lowest BCUT2D eigenvalue weighted by atomic mass is 10.0. The molecule has 1 atom stereocenters. The highest BCUT2D eigenvalue weighted by atomic mass is 16.5. The molecule has 0 fully saturated rings. The van der Waals surface area contributed by atoms with Crippen LogP contribution in [0.25, 0.3) is 10.9 Å². The van der Waals surface area contributed by atoms with Gasteiger partial charge in [-0.3, -0.25) is 0 Å². The minimum atomic E-state index is -0.273. The number of ether oxygens (including phenoxy) is 1. The Bertz CT molecular complexity index is 884. The van der Waals surface area contributed by atoms with Crippen LogP contribution in [0.1, 0.15) is 35.5 Å². The molecule has 0 amide bonds. The molecular formula is C22H26N2O2. The lowest BCUT2D eigenvalue weighted by molar-refractivity contribution is 0.0516. The zero-order valence-corrected chi connectivity index (χ0v) is 15.7. The van der Waals surface area contributed by atoms with Gasteiger partial charge in [0.05, 0.1) is 6.61 Å². The van der Waals surface area contributed by atoms with Gasteiger partial charge in [0.25, 0.3) is 0 Å². The van der Waals surface area contributed by atoms with Gasteiger partial charge in [0.2, 0.25) is 0 Å². The zero-order valence-electron chi connectivity index (χ0n) is 15.7. The van der Waals surface area contributed by atoms with Crippen molar-refractivity contribution < 1.29 is 9.53 Å². The van der Waals surface area contributed by atoms with Gasteiger partial charge in [0.1, 0.15) is 5.69 Å². The first kappa shape index (κ1) is 18.2. The van der Waals surface area contributed by atoms with Crippen LogP contribution in [0.5, 0.6) is 0 Å². The van der Waals surface area contributed by atoms with Gasteiger partial charge in [-0.15, -0.1) is 0 Å². The van der Waals surface area contributed by atoms with E-state index in [0.29, 0.717) is 18.3 Å². The van der Waals surface area contributed by atoms with Crippen LogP contribution in [0, 0.1) is 0 Å². The van der Waals surface area contributed by atoms with Crippen LogP contribution in [-0.2, 0) is 24.8 Å². The maximum absolute atomic E-state index is 12.1. The molecule has 1 heterocycles. The van der Waals surface area contributed by atoms with Crippen molar-refractivity contribution in [1.82, 2.24) is 9.88 Å². The molecule has 136 valence electrons. The number of nitrogens with zero attached hydrogens (tertiary/aromatic N) is 1. The van der Waals surface area contributed by atoms with Crippen LogP contribution in [0.15, 0.2) is 54.6 Å². The maximum atomic E-state index is 12.1. The van der Waals surface area contributed by atoms with E-state index in [1.54, 1.807) is 0 Å². The Balaban J connectivity index is 1.69. The number of aromatic nitrogens is 1. The number of carbonyl (C=O) groups is 1. The molecule has 26 heavy (non-hydrogen) atoms. The lowest BCUT2D eigenvalue weighted by Gasteiger charge is -2.14. The van der Waals surface area contributed by atoms with E-state index in [0.717, 1.165) is 23.9 Å². The Kier molecular flexibility index (Phi) is 5.74. The molecule has 0 radical (unpaired) electrons. The highest BCUT2D eigenvalue weighted by Gasteiger charge is 2.14. The molecule has 0 saturated heterocycles. The van der Waals surface area contributed by atoms with Crippen molar-refractivity contribution in [3.05, 3.63) is 71.4 Å². The topological polar surface area (TPSA) is 43.3 Å². The summed E-state index contributed by atoms with van der Waals surface area (Å²) >= 11 is 0. The lowest BCUT2D eigenvalue weighted by Crippen LogP contribution is -2.27. The molecule has 1 aromatic heterocycles. The second-order valence-corrected chi connectivity index (χ2v) is 6.67. The quantitative estimate of drug-likeness (QED) is 0.653. The van der Waals surface area contributed by atoms with E-state index < -0.39 is 0 Å². The van der Waals surface area contributed by atoms with Crippen LogP contribution >= 0.6 is 0 Å². The molecule has 4 heteroatoms. The smallest absolute Gasteiger partial charge is 0.354 e. The predicted octanol–water partition coefficient (Wildman–Crippen LogP) is 4.08. The average Bonchev–Trinajstić information content (AvgIpc) is 2.97. The predicted molar refractivity (Wildman–Crippen MR) is 105 cm³/mol. The Hall–Kier alpha value is -2.59. The third-order valence-corrected chi connectivity index (χ3v) is 4.63. The van der Waals surface area contributed by atoms with Crippen molar-refractivity contribution in [2.24, 2.45) is 7.05 Å². The highest BCUT2D eigenvalue weighted by molar-refractivity contribution is 5.95. The number of nitrogens with one attached hydrogen (secondary N) is 1. The summed E-state index contributed by atoms with van der Waals surface area (Å²) in [6, 6.07) is 19.1. The molecule has 2 aromatic carbocycles. The third-order valence-electron chi connectivity index (χ3n) is 4.63. The average molecular weight is 350 g/mol. The van der Waals surface area contributed by atoms with E-state index in [2.05, 4.69) is 54.7 Å². The van der Waals surface area contributed by atoms with E-state index >= 15 is 0 Å². The number of hydrogen-bond acceptors (Lipinski definition) is 3. The molecule has 4 nitrogen and oxygen atoms in total. The molecule has 0 spiro atoms. The van der Waals surface area contributed by atoms with E-state index in [-0.39, 0.29) is 5.97 Å². The number of esters is 1. The van der Waals surface area contributed by atoms with Gasteiger partial charge in [-0.25, -0.2) is 4.79 Å². The number of carbonyl (C=O) groups excluding carboxylic acids is 1. The van der Waals surface area contributed by atoms with Gasteiger partial charge >= 0.3 is 5.97 Å². The van der Waals surface area contributed by atoms with Crippen LogP contribution in [0.4, 0.5) is 0 Å². The fraction of sp³-hybridized carbons (Fsp3) is 0.318. The second kappa shape index (κ2) is 8.19. The van der Waals surface area contributed by atoms with Crippen molar-refractivity contribution in [3.63, 3.8) is 0 Å². The summed E-state index contributed by atoms with van der Waals surface area (Å²) in [6.07, 6.45) is 0.937. The van der Waals surface area contributed by atoms with Crippen LogP contribution in [-0.4, -0.2) is 23.2 Å². The summed E-state index contributed by atoms with van der Waals surface area (Å²) < 4.78 is 7.03. The Morgan fingerprint density at radius 2 is 1.88 bits per heavy atom. The first-order valence-electron chi connectivity index (χ1n) is 9.11. The normalized spacial score (nSPS) is 12.3. The summed E-state index contributed by atoms with van der Waals surface area (Å²) in [5.74, 6) is -0.273.